The summed E-state index contributed by atoms with van der Waals surface area (Å²) in [5.74, 6) is 0.281. The van der Waals surface area contributed by atoms with Crippen molar-refractivity contribution in [1.82, 2.24) is 14.5 Å². The van der Waals surface area contributed by atoms with Crippen LogP contribution in [0.1, 0.15) is 70.2 Å². The molecule has 0 fully saturated rings. The fourth-order valence-electron chi connectivity index (χ4n) is 3.80. The van der Waals surface area contributed by atoms with Gasteiger partial charge in [0.1, 0.15) is 11.3 Å². The van der Waals surface area contributed by atoms with Crippen LogP contribution in [0.5, 0.6) is 0 Å². The van der Waals surface area contributed by atoms with Crippen LogP contribution in [0.2, 0.25) is 0 Å². The number of hydrogen-bond acceptors (Lipinski definition) is 3. The Kier molecular flexibility index (Phi) is 5.76. The van der Waals surface area contributed by atoms with E-state index < -0.39 is 11.4 Å². The number of hydrogen-bond donors (Lipinski definition) is 1. The first-order valence-corrected chi connectivity index (χ1v) is 10.6. The lowest BCUT2D eigenvalue weighted by Gasteiger charge is -2.21. The molecule has 160 valence electrons. The Bertz CT molecular complexity index is 1070. The van der Waals surface area contributed by atoms with E-state index in [1.807, 2.05) is 13.8 Å². The number of carbonyl (C=O) groups is 1. The van der Waals surface area contributed by atoms with Gasteiger partial charge < -0.3 is 5.11 Å². The molecule has 0 aliphatic carbocycles. The SMILES string of the molecule is Cc1cc2c(nc(C(C)(C)C)n2-c2ccc(CCCC(C)(C)C(=O)O)cc2)c(C)n1. The van der Waals surface area contributed by atoms with E-state index in [9.17, 15) is 9.90 Å². The third kappa shape index (κ3) is 4.40. The highest BCUT2D eigenvalue weighted by molar-refractivity contribution is 5.81. The highest BCUT2D eigenvalue weighted by Gasteiger charge is 2.26. The maximum atomic E-state index is 11.3. The van der Waals surface area contributed by atoms with Gasteiger partial charge in [-0.05, 0) is 70.7 Å². The van der Waals surface area contributed by atoms with Gasteiger partial charge in [0, 0.05) is 16.8 Å². The van der Waals surface area contributed by atoms with Crippen LogP contribution in [0, 0.1) is 19.3 Å². The number of fused-ring (bicyclic) bond motifs is 1. The number of carboxylic acid groups (broad SMARTS) is 1. The Morgan fingerprint density at radius 3 is 2.23 bits per heavy atom. The summed E-state index contributed by atoms with van der Waals surface area (Å²) in [6.07, 6.45) is 2.38. The molecule has 0 radical (unpaired) electrons. The molecule has 3 aromatic rings. The van der Waals surface area contributed by atoms with Crippen molar-refractivity contribution in [2.75, 3.05) is 0 Å². The lowest BCUT2D eigenvalue weighted by atomic mass is 9.87. The number of rotatable bonds is 6. The molecule has 2 heterocycles. The third-order valence-corrected chi connectivity index (χ3v) is 5.66. The van der Waals surface area contributed by atoms with Crippen LogP contribution in [-0.2, 0) is 16.6 Å². The van der Waals surface area contributed by atoms with Crippen LogP contribution in [0.3, 0.4) is 0 Å². The van der Waals surface area contributed by atoms with Crippen LogP contribution in [0.15, 0.2) is 30.3 Å². The van der Waals surface area contributed by atoms with E-state index in [1.165, 1.54) is 5.56 Å². The maximum Gasteiger partial charge on any atom is 0.309 e. The number of carboxylic acids is 1. The van der Waals surface area contributed by atoms with E-state index in [0.29, 0.717) is 6.42 Å². The molecule has 0 spiro atoms. The summed E-state index contributed by atoms with van der Waals surface area (Å²) in [6, 6.07) is 10.7. The van der Waals surface area contributed by atoms with Gasteiger partial charge in [-0.15, -0.1) is 0 Å². The average Bonchev–Trinajstić information content (AvgIpc) is 3.02. The standard InChI is InChI=1S/C25H33N3O2/c1-16-15-20-21(17(2)26-16)27-22(24(3,4)5)28(20)19-12-10-18(11-13-19)9-8-14-25(6,7)23(29)30/h10-13,15H,8-9,14H2,1-7H3,(H,29,30). The lowest BCUT2D eigenvalue weighted by Crippen LogP contribution is -2.23. The normalized spacial score (nSPS) is 12.5. The first-order chi connectivity index (χ1) is 13.9. The van der Waals surface area contributed by atoms with E-state index in [4.69, 9.17) is 4.98 Å². The minimum absolute atomic E-state index is 0.111. The molecule has 0 atom stereocenters. The molecule has 1 aromatic carbocycles. The van der Waals surface area contributed by atoms with Gasteiger partial charge in [0.05, 0.1) is 16.6 Å². The summed E-state index contributed by atoms with van der Waals surface area (Å²) >= 11 is 0. The number of imidazole rings is 1. The highest BCUT2D eigenvalue weighted by Crippen LogP contribution is 2.31. The number of nitrogens with zero attached hydrogens (tertiary/aromatic N) is 3. The van der Waals surface area contributed by atoms with Crippen LogP contribution >= 0.6 is 0 Å². The molecule has 0 unspecified atom stereocenters. The second kappa shape index (κ2) is 7.86. The van der Waals surface area contributed by atoms with Crippen molar-refractivity contribution in [3.63, 3.8) is 0 Å². The van der Waals surface area contributed by atoms with Crippen LogP contribution in [0.4, 0.5) is 0 Å². The summed E-state index contributed by atoms with van der Waals surface area (Å²) in [6.45, 7) is 14.1. The number of aromatic nitrogens is 3. The van der Waals surface area contributed by atoms with E-state index in [2.05, 4.69) is 60.7 Å². The van der Waals surface area contributed by atoms with E-state index >= 15 is 0 Å². The van der Waals surface area contributed by atoms with E-state index in [1.54, 1.807) is 13.8 Å². The molecule has 0 aliphatic heterocycles. The van der Waals surface area contributed by atoms with Gasteiger partial charge in [0.25, 0.3) is 0 Å². The molecular weight excluding hydrogens is 374 g/mol. The quantitative estimate of drug-likeness (QED) is 0.563. The third-order valence-electron chi connectivity index (χ3n) is 5.66. The van der Waals surface area contributed by atoms with Gasteiger partial charge in [-0.2, -0.15) is 0 Å². The summed E-state index contributed by atoms with van der Waals surface area (Å²) < 4.78 is 2.24. The molecule has 5 heteroatoms. The highest BCUT2D eigenvalue weighted by atomic mass is 16.4. The molecule has 30 heavy (non-hydrogen) atoms. The summed E-state index contributed by atoms with van der Waals surface area (Å²) in [5, 5.41) is 9.28. The predicted molar refractivity (Wildman–Crippen MR) is 121 cm³/mol. The second-order valence-electron chi connectivity index (χ2n) is 9.95. The fraction of sp³-hybridized carbons (Fsp3) is 0.480. The molecular formula is C25H33N3O2. The summed E-state index contributed by atoms with van der Waals surface area (Å²) in [7, 11) is 0. The van der Waals surface area contributed by atoms with Crippen molar-refractivity contribution in [2.24, 2.45) is 5.41 Å². The Morgan fingerprint density at radius 1 is 1.03 bits per heavy atom. The molecule has 0 bridgehead atoms. The van der Waals surface area contributed by atoms with Crippen molar-refractivity contribution in [3.8, 4) is 5.69 Å². The smallest absolute Gasteiger partial charge is 0.309 e. The Labute approximate surface area is 179 Å². The predicted octanol–water partition coefficient (Wildman–Crippen LogP) is 5.77. The lowest BCUT2D eigenvalue weighted by molar-refractivity contribution is -0.147. The van der Waals surface area contributed by atoms with Crippen LogP contribution < -0.4 is 0 Å². The first-order valence-electron chi connectivity index (χ1n) is 10.6. The first kappa shape index (κ1) is 22.0. The van der Waals surface area contributed by atoms with Crippen molar-refractivity contribution < 1.29 is 9.90 Å². The van der Waals surface area contributed by atoms with Gasteiger partial charge in [-0.25, -0.2) is 4.98 Å². The minimum Gasteiger partial charge on any atom is -0.481 e. The topological polar surface area (TPSA) is 68.0 Å². The van der Waals surface area contributed by atoms with Crippen LogP contribution in [0.25, 0.3) is 16.7 Å². The zero-order chi connectivity index (χ0) is 22.3. The molecule has 5 nitrogen and oxygen atoms in total. The minimum atomic E-state index is -0.736. The van der Waals surface area contributed by atoms with Crippen molar-refractivity contribution >= 4 is 17.0 Å². The number of aryl methyl sites for hydroxylation is 3. The number of aliphatic carboxylic acids is 1. The van der Waals surface area contributed by atoms with E-state index in [-0.39, 0.29) is 5.41 Å². The second-order valence-corrected chi connectivity index (χ2v) is 9.95. The van der Waals surface area contributed by atoms with Gasteiger partial charge in [0.15, 0.2) is 0 Å². The van der Waals surface area contributed by atoms with Crippen molar-refractivity contribution in [2.45, 2.75) is 73.1 Å². The molecule has 0 amide bonds. The summed E-state index contributed by atoms with van der Waals surface area (Å²) in [4.78, 5) is 20.8. The van der Waals surface area contributed by atoms with Crippen LogP contribution in [-0.4, -0.2) is 25.6 Å². The Hall–Kier alpha value is -2.69. The van der Waals surface area contributed by atoms with Gasteiger partial charge in [0.2, 0.25) is 0 Å². The Balaban J connectivity index is 1.93. The van der Waals surface area contributed by atoms with Gasteiger partial charge in [-0.1, -0.05) is 32.9 Å². The molecule has 0 saturated carbocycles. The van der Waals surface area contributed by atoms with Gasteiger partial charge in [-0.3, -0.25) is 14.3 Å². The van der Waals surface area contributed by atoms with E-state index in [0.717, 1.165) is 46.8 Å². The average molecular weight is 408 g/mol. The van der Waals surface area contributed by atoms with Crippen molar-refractivity contribution in [3.05, 3.63) is 53.1 Å². The summed E-state index contributed by atoms with van der Waals surface area (Å²) in [5.41, 5.74) is 5.48. The molecule has 2 aromatic heterocycles. The molecule has 0 saturated heterocycles. The fourth-order valence-corrected chi connectivity index (χ4v) is 3.80. The Morgan fingerprint density at radius 2 is 1.67 bits per heavy atom. The largest absolute Gasteiger partial charge is 0.481 e. The zero-order valence-electron chi connectivity index (χ0n) is 19.2. The molecule has 3 rings (SSSR count). The number of pyridine rings is 1. The zero-order valence-corrected chi connectivity index (χ0v) is 19.2. The van der Waals surface area contributed by atoms with Crippen molar-refractivity contribution in [1.29, 1.82) is 0 Å². The molecule has 1 N–H and O–H groups in total. The maximum absolute atomic E-state index is 11.3. The molecule has 0 aliphatic rings. The number of benzene rings is 1. The monoisotopic (exact) mass is 407 g/mol. The van der Waals surface area contributed by atoms with Gasteiger partial charge >= 0.3 is 5.97 Å².